The Balaban J connectivity index is 0.000000406. The predicted octanol–water partition coefficient (Wildman–Crippen LogP) is 4.74. The molecule has 15 heteroatoms. The lowest BCUT2D eigenvalue weighted by Gasteiger charge is -2.08. The van der Waals surface area contributed by atoms with E-state index >= 15 is 0 Å². The first-order valence-corrected chi connectivity index (χ1v) is 13.8. The number of carboxylic acids is 1. The molecule has 0 spiro atoms. The van der Waals surface area contributed by atoms with Crippen molar-refractivity contribution < 1.29 is 31.5 Å². The van der Waals surface area contributed by atoms with E-state index in [2.05, 4.69) is 20.9 Å². The standard InChI is InChI=1S/C17H17BrN4O2S3.C2HF3O2/c1-25-14-6-13(16(26-14)17(19)20)27(23,24)10-4-11(18)15-12(5-10)22(8-21-15)7-9-2-3-9;3-2(4,5)1(6)7/h4-6,8-9H,2-3,7H2,1H3,(H3,19,20);(H,6,7). The molecule has 34 heavy (non-hydrogen) atoms. The molecule has 2 aromatic heterocycles. The Labute approximate surface area is 208 Å². The maximum Gasteiger partial charge on any atom is 0.490 e. The molecule has 1 fully saturated rings. The van der Waals surface area contributed by atoms with Crippen LogP contribution in [0.1, 0.15) is 17.7 Å². The molecule has 1 aromatic carbocycles. The van der Waals surface area contributed by atoms with Gasteiger partial charge in [0.15, 0.2) is 0 Å². The number of thiophene rings is 1. The number of sulfone groups is 1. The van der Waals surface area contributed by atoms with E-state index in [0.29, 0.717) is 10.4 Å². The molecule has 2 heterocycles. The summed E-state index contributed by atoms with van der Waals surface area (Å²) >= 11 is 6.12. The highest BCUT2D eigenvalue weighted by Crippen LogP contribution is 2.38. The van der Waals surface area contributed by atoms with E-state index in [1.165, 1.54) is 35.9 Å². The number of hydrogen-bond acceptors (Lipinski definition) is 7. The second kappa shape index (κ2) is 9.87. The molecule has 0 radical (unpaired) electrons. The number of carboxylic acid groups (broad SMARTS) is 1. The van der Waals surface area contributed by atoms with Gasteiger partial charge in [0.2, 0.25) is 9.84 Å². The Bertz CT molecular complexity index is 1370. The minimum atomic E-state index is -5.08. The zero-order valence-corrected chi connectivity index (χ0v) is 21.4. The Kier molecular flexibility index (Phi) is 7.70. The SMILES string of the molecule is CSc1cc(S(=O)(=O)c2cc(Br)c3ncn(CC4CC4)c3c2)c(C(=N)N)s1.O=C(O)C(F)(F)F. The summed E-state index contributed by atoms with van der Waals surface area (Å²) in [5.74, 6) is -2.35. The minimum Gasteiger partial charge on any atom is -0.475 e. The van der Waals surface area contributed by atoms with E-state index in [-0.39, 0.29) is 20.5 Å². The van der Waals surface area contributed by atoms with Crippen LogP contribution < -0.4 is 5.73 Å². The number of nitrogens with one attached hydrogen (secondary N) is 1. The zero-order chi connectivity index (χ0) is 25.4. The topological polar surface area (TPSA) is 139 Å². The number of fused-ring (bicyclic) bond motifs is 1. The fourth-order valence-corrected chi connectivity index (χ4v) is 7.14. The lowest BCUT2D eigenvalue weighted by atomic mass is 10.3. The molecule has 4 N–H and O–H groups in total. The largest absolute Gasteiger partial charge is 0.490 e. The summed E-state index contributed by atoms with van der Waals surface area (Å²) in [6.45, 7) is 0.847. The number of alkyl halides is 3. The van der Waals surface area contributed by atoms with Gasteiger partial charge in [-0.15, -0.1) is 23.1 Å². The van der Waals surface area contributed by atoms with Crippen LogP contribution in [0.25, 0.3) is 11.0 Å². The summed E-state index contributed by atoms with van der Waals surface area (Å²) in [7, 11) is -3.82. The molecule has 8 nitrogen and oxygen atoms in total. The van der Waals surface area contributed by atoms with Gasteiger partial charge in [-0.2, -0.15) is 13.2 Å². The van der Waals surface area contributed by atoms with E-state index in [0.717, 1.165) is 21.8 Å². The van der Waals surface area contributed by atoms with Gasteiger partial charge in [-0.05, 0) is 59.1 Å². The smallest absolute Gasteiger partial charge is 0.475 e. The number of thioether (sulfide) groups is 1. The molecule has 3 aromatic rings. The first-order chi connectivity index (χ1) is 15.8. The Morgan fingerprint density at radius 1 is 1.38 bits per heavy atom. The second-order valence-electron chi connectivity index (χ2n) is 7.30. The van der Waals surface area contributed by atoms with Crippen LogP contribution in [-0.2, 0) is 21.2 Å². The van der Waals surface area contributed by atoms with Crippen LogP contribution >= 0.6 is 39.0 Å². The number of benzene rings is 1. The van der Waals surface area contributed by atoms with Crippen LogP contribution in [0.2, 0.25) is 0 Å². The molecule has 4 rings (SSSR count). The highest BCUT2D eigenvalue weighted by atomic mass is 79.9. The lowest BCUT2D eigenvalue weighted by Crippen LogP contribution is -2.21. The van der Waals surface area contributed by atoms with Gasteiger partial charge in [0, 0.05) is 11.0 Å². The van der Waals surface area contributed by atoms with Gasteiger partial charge in [-0.3, -0.25) is 5.41 Å². The number of rotatable bonds is 6. The number of imidazole rings is 1. The van der Waals surface area contributed by atoms with Crippen LogP contribution in [0.3, 0.4) is 0 Å². The fraction of sp³-hybridized carbons (Fsp3) is 0.316. The van der Waals surface area contributed by atoms with Crippen molar-refractivity contribution in [3.8, 4) is 0 Å². The number of nitrogen functional groups attached to an aromatic ring is 1. The summed E-state index contributed by atoms with van der Waals surface area (Å²) < 4.78 is 61.9. The van der Waals surface area contributed by atoms with Crippen LogP contribution in [0.15, 0.2) is 43.0 Å². The first-order valence-electron chi connectivity index (χ1n) is 9.47. The van der Waals surface area contributed by atoms with Crippen LogP contribution in [0.4, 0.5) is 13.2 Å². The maximum atomic E-state index is 13.3. The van der Waals surface area contributed by atoms with Crippen LogP contribution in [0.5, 0.6) is 0 Å². The highest BCUT2D eigenvalue weighted by Gasteiger charge is 2.38. The number of amidine groups is 1. The summed E-state index contributed by atoms with van der Waals surface area (Å²) in [6, 6.07) is 4.85. The Morgan fingerprint density at radius 2 is 2.00 bits per heavy atom. The molecule has 0 aliphatic heterocycles. The maximum absolute atomic E-state index is 13.3. The van der Waals surface area contributed by atoms with E-state index in [1.807, 2.05) is 10.8 Å². The van der Waals surface area contributed by atoms with Crippen molar-refractivity contribution in [2.45, 2.75) is 39.6 Å². The number of carbonyl (C=O) groups is 1. The van der Waals surface area contributed by atoms with Crippen molar-refractivity contribution in [2.24, 2.45) is 11.7 Å². The average molecular weight is 599 g/mol. The summed E-state index contributed by atoms with van der Waals surface area (Å²) in [5.41, 5.74) is 7.18. The fourth-order valence-electron chi connectivity index (χ4n) is 2.94. The van der Waals surface area contributed by atoms with Gasteiger partial charge in [0.1, 0.15) is 11.4 Å². The van der Waals surface area contributed by atoms with Gasteiger partial charge in [0.25, 0.3) is 0 Å². The van der Waals surface area contributed by atoms with Crippen molar-refractivity contribution in [1.29, 1.82) is 5.41 Å². The van der Waals surface area contributed by atoms with Gasteiger partial charge in [0.05, 0.1) is 30.7 Å². The summed E-state index contributed by atoms with van der Waals surface area (Å²) in [4.78, 5) is 13.9. The van der Waals surface area contributed by atoms with Gasteiger partial charge in [-0.1, -0.05) is 0 Å². The molecule has 0 atom stereocenters. The monoisotopic (exact) mass is 598 g/mol. The zero-order valence-electron chi connectivity index (χ0n) is 17.4. The quantitative estimate of drug-likeness (QED) is 0.211. The van der Waals surface area contributed by atoms with E-state index in [1.54, 1.807) is 24.5 Å². The van der Waals surface area contributed by atoms with Crippen LogP contribution in [-0.4, -0.2) is 47.3 Å². The third-order valence-corrected chi connectivity index (χ3v) is 9.49. The van der Waals surface area contributed by atoms with E-state index in [9.17, 15) is 21.6 Å². The Hall–Kier alpha value is -2.10. The highest BCUT2D eigenvalue weighted by molar-refractivity contribution is 9.10. The molecule has 1 aliphatic rings. The normalized spacial score (nSPS) is 14.0. The molecule has 0 amide bonds. The summed E-state index contributed by atoms with van der Waals surface area (Å²) in [6.07, 6.45) is 0.952. The van der Waals surface area contributed by atoms with E-state index in [4.69, 9.17) is 21.0 Å². The van der Waals surface area contributed by atoms with Crippen molar-refractivity contribution in [2.75, 3.05) is 6.26 Å². The minimum absolute atomic E-state index is 0.0869. The molecule has 1 saturated carbocycles. The number of nitrogens with zero attached hydrogens (tertiary/aromatic N) is 2. The Morgan fingerprint density at radius 3 is 2.50 bits per heavy atom. The molecule has 1 aliphatic carbocycles. The predicted molar refractivity (Wildman–Crippen MR) is 126 cm³/mol. The number of hydrogen-bond donors (Lipinski definition) is 3. The number of aliphatic carboxylic acids is 1. The third-order valence-electron chi connectivity index (χ3n) is 4.77. The first kappa shape index (κ1) is 26.5. The average Bonchev–Trinajstić information content (AvgIpc) is 3.28. The van der Waals surface area contributed by atoms with Crippen molar-refractivity contribution in [3.05, 3.63) is 33.9 Å². The van der Waals surface area contributed by atoms with Gasteiger partial charge >= 0.3 is 12.1 Å². The lowest BCUT2D eigenvalue weighted by molar-refractivity contribution is -0.192. The number of halogens is 4. The van der Waals surface area contributed by atoms with Crippen molar-refractivity contribution >= 4 is 71.7 Å². The molecular formula is C19H18BrF3N4O4S3. The summed E-state index contributed by atoms with van der Waals surface area (Å²) in [5, 5.41) is 14.9. The second-order valence-corrected chi connectivity index (χ2v) is 12.2. The molecule has 0 saturated heterocycles. The third kappa shape index (κ3) is 5.75. The van der Waals surface area contributed by atoms with Gasteiger partial charge in [-0.25, -0.2) is 18.2 Å². The number of nitrogens with two attached hydrogens (primary N) is 1. The van der Waals surface area contributed by atoms with Crippen LogP contribution in [0, 0.1) is 11.3 Å². The molecular weight excluding hydrogens is 581 g/mol. The van der Waals surface area contributed by atoms with Gasteiger partial charge < -0.3 is 15.4 Å². The molecule has 184 valence electrons. The van der Waals surface area contributed by atoms with Crippen molar-refractivity contribution in [3.63, 3.8) is 0 Å². The van der Waals surface area contributed by atoms with Crippen molar-refractivity contribution in [1.82, 2.24) is 9.55 Å². The van der Waals surface area contributed by atoms with E-state index < -0.39 is 22.0 Å². The molecule has 0 bridgehead atoms. The molecule has 0 unspecified atom stereocenters. The number of aromatic nitrogens is 2.